The number of carbonyl (C=O) groups is 1. The van der Waals surface area contributed by atoms with E-state index in [9.17, 15) is 4.79 Å². The Balaban J connectivity index is 1.67. The van der Waals surface area contributed by atoms with Gasteiger partial charge in [0.15, 0.2) is 0 Å². The molecule has 3 rings (SSSR count). The van der Waals surface area contributed by atoms with Gasteiger partial charge in [-0.25, -0.2) is 0 Å². The van der Waals surface area contributed by atoms with Crippen molar-refractivity contribution in [1.29, 1.82) is 0 Å². The van der Waals surface area contributed by atoms with Gasteiger partial charge in [-0.3, -0.25) is 4.79 Å². The summed E-state index contributed by atoms with van der Waals surface area (Å²) in [6.45, 7) is 0.801. The molecule has 1 atom stereocenters. The number of amides is 1. The van der Waals surface area contributed by atoms with Crippen molar-refractivity contribution in [2.75, 3.05) is 34.4 Å². The molecule has 136 valence electrons. The minimum Gasteiger partial charge on any atom is -0.497 e. The lowest BCUT2D eigenvalue weighted by Crippen LogP contribution is -2.36. The molecular formula is C21H24N2O3. The van der Waals surface area contributed by atoms with Crippen LogP contribution in [0.2, 0.25) is 0 Å². The molecule has 2 aromatic rings. The van der Waals surface area contributed by atoms with Gasteiger partial charge in [0, 0.05) is 12.1 Å². The number of fused-ring (bicyclic) bond motifs is 1. The van der Waals surface area contributed by atoms with Crippen LogP contribution < -0.4 is 14.8 Å². The van der Waals surface area contributed by atoms with Gasteiger partial charge in [-0.05, 0) is 43.9 Å². The van der Waals surface area contributed by atoms with Gasteiger partial charge in [0.2, 0.25) is 0 Å². The lowest BCUT2D eigenvalue weighted by Gasteiger charge is -2.26. The number of para-hydroxylation sites is 1. The van der Waals surface area contributed by atoms with Crippen molar-refractivity contribution < 1.29 is 14.3 Å². The average Bonchev–Trinajstić information content (AvgIpc) is 2.67. The van der Waals surface area contributed by atoms with Gasteiger partial charge in [0.1, 0.15) is 18.1 Å². The molecule has 5 heteroatoms. The number of hydrogen-bond acceptors (Lipinski definition) is 4. The second kappa shape index (κ2) is 8.06. The fourth-order valence-electron chi connectivity index (χ4n) is 2.97. The summed E-state index contributed by atoms with van der Waals surface area (Å²) < 4.78 is 10.9. The second-order valence-electron chi connectivity index (χ2n) is 6.46. The Morgan fingerprint density at radius 2 is 1.92 bits per heavy atom. The van der Waals surface area contributed by atoms with Crippen LogP contribution in [0.5, 0.6) is 11.5 Å². The fraction of sp³-hybridized carbons (Fsp3) is 0.286. The van der Waals surface area contributed by atoms with Crippen LogP contribution in [0.1, 0.15) is 17.2 Å². The molecule has 1 aliphatic heterocycles. The summed E-state index contributed by atoms with van der Waals surface area (Å²) in [6, 6.07) is 15.7. The summed E-state index contributed by atoms with van der Waals surface area (Å²) in [5.74, 6) is 1.53. The number of hydrogen-bond donors (Lipinski definition) is 1. The van der Waals surface area contributed by atoms with Gasteiger partial charge in [-0.1, -0.05) is 30.3 Å². The third-order valence-corrected chi connectivity index (χ3v) is 4.50. The van der Waals surface area contributed by atoms with Crippen LogP contribution in [0.3, 0.4) is 0 Å². The Morgan fingerprint density at radius 3 is 2.62 bits per heavy atom. The van der Waals surface area contributed by atoms with Crippen LogP contribution in [0, 0.1) is 0 Å². The van der Waals surface area contributed by atoms with Gasteiger partial charge in [0.25, 0.3) is 5.91 Å². The molecule has 0 radical (unpaired) electrons. The SMILES string of the molecule is COc1ccc([C@@H](CNC(=O)C2=Cc3ccccc3OC2)N(C)C)cc1. The second-order valence-corrected chi connectivity index (χ2v) is 6.46. The molecule has 0 unspecified atom stereocenters. The van der Waals surface area contributed by atoms with E-state index >= 15 is 0 Å². The van der Waals surface area contributed by atoms with Crippen LogP contribution in [0.25, 0.3) is 6.08 Å². The predicted molar refractivity (Wildman–Crippen MR) is 102 cm³/mol. The summed E-state index contributed by atoms with van der Waals surface area (Å²) >= 11 is 0. The summed E-state index contributed by atoms with van der Waals surface area (Å²) in [4.78, 5) is 14.7. The van der Waals surface area contributed by atoms with E-state index < -0.39 is 0 Å². The van der Waals surface area contributed by atoms with Crippen molar-refractivity contribution >= 4 is 12.0 Å². The Bertz CT molecular complexity index is 797. The predicted octanol–water partition coefficient (Wildman–Crippen LogP) is 2.89. The smallest absolute Gasteiger partial charge is 0.250 e. The summed E-state index contributed by atoms with van der Waals surface area (Å²) in [5, 5.41) is 3.03. The third kappa shape index (κ3) is 4.06. The topological polar surface area (TPSA) is 50.8 Å². The van der Waals surface area contributed by atoms with Crippen LogP contribution in [-0.2, 0) is 4.79 Å². The fourth-order valence-corrected chi connectivity index (χ4v) is 2.97. The Morgan fingerprint density at radius 1 is 1.19 bits per heavy atom. The summed E-state index contributed by atoms with van der Waals surface area (Å²) in [7, 11) is 5.65. The summed E-state index contributed by atoms with van der Waals surface area (Å²) in [6.07, 6.45) is 1.90. The van der Waals surface area contributed by atoms with Crippen molar-refractivity contribution in [2.45, 2.75) is 6.04 Å². The molecule has 0 saturated heterocycles. The highest BCUT2D eigenvalue weighted by Gasteiger charge is 2.20. The standard InChI is InChI=1S/C21H24N2O3/c1-23(2)19(15-8-10-18(25-3)11-9-15)13-22-21(24)17-12-16-6-4-5-7-20(16)26-14-17/h4-12,19H,13-14H2,1-3H3,(H,22,24)/t19-/m1/s1. The van der Waals surface area contributed by atoms with Crippen LogP contribution in [0.4, 0.5) is 0 Å². The van der Waals surface area contributed by atoms with Crippen molar-refractivity contribution in [2.24, 2.45) is 0 Å². The molecule has 0 fully saturated rings. The number of likely N-dealkylation sites (N-methyl/N-ethyl adjacent to an activating group) is 1. The quantitative estimate of drug-likeness (QED) is 0.869. The van der Waals surface area contributed by atoms with Crippen molar-refractivity contribution in [3.05, 3.63) is 65.2 Å². The van der Waals surface area contributed by atoms with Crippen LogP contribution >= 0.6 is 0 Å². The highest BCUT2D eigenvalue weighted by Crippen LogP contribution is 2.26. The van der Waals surface area contributed by atoms with E-state index in [-0.39, 0.29) is 18.6 Å². The molecule has 1 heterocycles. The van der Waals surface area contributed by atoms with Gasteiger partial charge in [-0.2, -0.15) is 0 Å². The number of rotatable bonds is 6. The van der Waals surface area contributed by atoms with E-state index in [1.807, 2.05) is 68.7 Å². The molecule has 0 saturated carbocycles. The monoisotopic (exact) mass is 352 g/mol. The maximum Gasteiger partial charge on any atom is 0.250 e. The van der Waals surface area contributed by atoms with Gasteiger partial charge in [-0.15, -0.1) is 0 Å². The Labute approximate surface area is 154 Å². The average molecular weight is 352 g/mol. The normalized spacial score (nSPS) is 14.1. The van der Waals surface area contributed by atoms with Crippen molar-refractivity contribution in [1.82, 2.24) is 10.2 Å². The van der Waals surface area contributed by atoms with E-state index in [2.05, 4.69) is 10.2 Å². The van der Waals surface area contributed by atoms with E-state index in [0.717, 1.165) is 22.6 Å². The van der Waals surface area contributed by atoms with Gasteiger partial charge < -0.3 is 19.7 Å². The molecule has 2 aromatic carbocycles. The van der Waals surface area contributed by atoms with E-state index in [0.29, 0.717) is 12.1 Å². The Kier molecular flexibility index (Phi) is 5.58. The maximum atomic E-state index is 12.6. The molecule has 0 aromatic heterocycles. The number of ether oxygens (including phenoxy) is 2. The first kappa shape index (κ1) is 18.0. The summed E-state index contributed by atoms with van der Waals surface area (Å²) in [5.41, 5.74) is 2.69. The molecule has 0 spiro atoms. The number of nitrogens with zero attached hydrogens (tertiary/aromatic N) is 1. The van der Waals surface area contributed by atoms with Gasteiger partial charge >= 0.3 is 0 Å². The molecular weight excluding hydrogens is 328 g/mol. The van der Waals surface area contributed by atoms with Gasteiger partial charge in [0.05, 0.1) is 18.7 Å². The van der Waals surface area contributed by atoms with Crippen molar-refractivity contribution in [3.63, 3.8) is 0 Å². The number of carbonyl (C=O) groups excluding carboxylic acids is 1. The molecule has 26 heavy (non-hydrogen) atoms. The maximum absolute atomic E-state index is 12.6. The molecule has 1 aliphatic rings. The number of methoxy groups -OCH3 is 1. The van der Waals surface area contributed by atoms with E-state index in [1.165, 1.54) is 0 Å². The van der Waals surface area contributed by atoms with Crippen molar-refractivity contribution in [3.8, 4) is 11.5 Å². The van der Waals surface area contributed by atoms with Crippen LogP contribution in [0.15, 0.2) is 54.1 Å². The molecule has 0 aliphatic carbocycles. The van der Waals surface area contributed by atoms with E-state index in [1.54, 1.807) is 7.11 Å². The molecule has 5 nitrogen and oxygen atoms in total. The zero-order chi connectivity index (χ0) is 18.5. The first-order valence-corrected chi connectivity index (χ1v) is 8.59. The molecule has 1 amide bonds. The zero-order valence-electron chi connectivity index (χ0n) is 15.4. The molecule has 0 bridgehead atoms. The van der Waals surface area contributed by atoms with Crippen LogP contribution in [-0.4, -0.2) is 45.2 Å². The highest BCUT2D eigenvalue weighted by atomic mass is 16.5. The lowest BCUT2D eigenvalue weighted by atomic mass is 10.0. The molecule has 1 N–H and O–H groups in total. The Hall–Kier alpha value is -2.79. The third-order valence-electron chi connectivity index (χ3n) is 4.50. The lowest BCUT2D eigenvalue weighted by molar-refractivity contribution is -0.118. The first-order chi connectivity index (χ1) is 12.6. The zero-order valence-corrected chi connectivity index (χ0v) is 15.4. The van der Waals surface area contributed by atoms with E-state index in [4.69, 9.17) is 9.47 Å². The number of benzene rings is 2. The highest BCUT2D eigenvalue weighted by molar-refractivity contribution is 5.99. The minimum atomic E-state index is -0.0973. The largest absolute Gasteiger partial charge is 0.497 e. The minimum absolute atomic E-state index is 0.0715. The first-order valence-electron chi connectivity index (χ1n) is 8.59. The number of nitrogens with one attached hydrogen (secondary N) is 1.